The van der Waals surface area contributed by atoms with Crippen LogP contribution in [0.25, 0.3) is 0 Å². The number of benzene rings is 1. The summed E-state index contributed by atoms with van der Waals surface area (Å²) in [5.41, 5.74) is 0.00429. The van der Waals surface area contributed by atoms with E-state index in [-0.39, 0.29) is 33.9 Å². The first kappa shape index (κ1) is 20.0. The van der Waals surface area contributed by atoms with Gasteiger partial charge < -0.3 is 14.4 Å². The van der Waals surface area contributed by atoms with Crippen LogP contribution in [-0.4, -0.2) is 62.8 Å². The Labute approximate surface area is 170 Å². The van der Waals surface area contributed by atoms with Gasteiger partial charge in [0, 0.05) is 18.7 Å². The molecule has 0 N–H and O–H groups in total. The molecule has 158 valence electrons. The Morgan fingerprint density at radius 2 is 1.72 bits per heavy atom. The van der Waals surface area contributed by atoms with Gasteiger partial charge in [0.1, 0.15) is 11.4 Å². The molecule has 1 aliphatic carbocycles. The zero-order valence-corrected chi connectivity index (χ0v) is 17.5. The van der Waals surface area contributed by atoms with E-state index in [1.54, 1.807) is 4.90 Å². The third-order valence-corrected chi connectivity index (χ3v) is 8.12. The molecule has 2 atom stereocenters. The Bertz CT molecular complexity index is 943. The molecule has 0 bridgehead atoms. The molecule has 2 heterocycles. The van der Waals surface area contributed by atoms with Gasteiger partial charge in [-0.3, -0.25) is 9.59 Å². The second-order valence-corrected chi connectivity index (χ2v) is 9.69. The maximum atomic E-state index is 13.1. The molecule has 1 aromatic rings. The number of carbonyl (C=O) groups is 2. The monoisotopic (exact) mass is 422 g/mol. The van der Waals surface area contributed by atoms with Crippen LogP contribution in [0, 0.1) is 5.92 Å². The van der Waals surface area contributed by atoms with E-state index < -0.39 is 22.5 Å². The van der Waals surface area contributed by atoms with Gasteiger partial charge in [0.15, 0.2) is 11.5 Å². The summed E-state index contributed by atoms with van der Waals surface area (Å²) in [6.45, 7) is 0.153. The molecule has 2 unspecified atom stereocenters. The van der Waals surface area contributed by atoms with Crippen LogP contribution in [0.1, 0.15) is 48.9 Å². The maximum absolute atomic E-state index is 13.1. The fourth-order valence-corrected chi connectivity index (χ4v) is 6.42. The van der Waals surface area contributed by atoms with Crippen LogP contribution in [0.4, 0.5) is 0 Å². The van der Waals surface area contributed by atoms with Gasteiger partial charge in [-0.25, -0.2) is 12.7 Å². The average molecular weight is 423 g/mol. The van der Waals surface area contributed by atoms with E-state index in [1.165, 1.54) is 32.8 Å². The van der Waals surface area contributed by atoms with Crippen molar-refractivity contribution in [2.24, 2.45) is 5.92 Å². The molecule has 29 heavy (non-hydrogen) atoms. The summed E-state index contributed by atoms with van der Waals surface area (Å²) < 4.78 is 37.0. The Kier molecular flexibility index (Phi) is 5.18. The molecule has 2 aliphatic heterocycles. The molecule has 0 spiro atoms. The number of carbonyl (C=O) groups excluding carboxylic acids is 2. The van der Waals surface area contributed by atoms with Crippen molar-refractivity contribution < 1.29 is 27.5 Å². The van der Waals surface area contributed by atoms with Crippen LogP contribution in [0.15, 0.2) is 17.0 Å². The average Bonchev–Trinajstić information content (AvgIpc) is 2.92. The molecule has 2 fully saturated rings. The van der Waals surface area contributed by atoms with Gasteiger partial charge in [-0.05, 0) is 37.7 Å². The van der Waals surface area contributed by atoms with Crippen LogP contribution >= 0.6 is 0 Å². The van der Waals surface area contributed by atoms with Gasteiger partial charge in [-0.15, -0.1) is 0 Å². The first-order valence-electron chi connectivity index (χ1n) is 10.0. The van der Waals surface area contributed by atoms with E-state index in [1.807, 2.05) is 0 Å². The third kappa shape index (κ3) is 3.25. The van der Waals surface area contributed by atoms with Crippen molar-refractivity contribution in [2.75, 3.05) is 27.3 Å². The number of hydrogen-bond donors (Lipinski definition) is 0. The lowest BCUT2D eigenvalue weighted by atomic mass is 9.78. The highest BCUT2D eigenvalue weighted by Crippen LogP contribution is 2.39. The second kappa shape index (κ2) is 7.51. The van der Waals surface area contributed by atoms with Crippen molar-refractivity contribution in [3.8, 4) is 11.5 Å². The number of piperidine rings is 1. The summed E-state index contributed by atoms with van der Waals surface area (Å²) in [6.07, 6.45) is 6.35. The number of hydrogen-bond acceptors (Lipinski definition) is 6. The smallest absolute Gasteiger partial charge is 0.269 e. The highest BCUT2D eigenvalue weighted by Gasteiger charge is 2.45. The highest BCUT2D eigenvalue weighted by molar-refractivity contribution is 7.90. The van der Waals surface area contributed by atoms with Gasteiger partial charge in [0.05, 0.1) is 19.8 Å². The van der Waals surface area contributed by atoms with Crippen molar-refractivity contribution in [1.29, 1.82) is 0 Å². The van der Waals surface area contributed by atoms with E-state index in [0.29, 0.717) is 16.8 Å². The Morgan fingerprint density at radius 1 is 1.07 bits per heavy atom. The van der Waals surface area contributed by atoms with E-state index in [4.69, 9.17) is 9.47 Å². The maximum Gasteiger partial charge on any atom is 0.269 e. The topological polar surface area (TPSA) is 93.2 Å². The van der Waals surface area contributed by atoms with Crippen LogP contribution < -0.4 is 9.47 Å². The number of fused-ring (bicyclic) bond motifs is 2. The lowest BCUT2D eigenvalue weighted by Gasteiger charge is -2.44. The van der Waals surface area contributed by atoms with Gasteiger partial charge in [-0.1, -0.05) is 12.8 Å². The van der Waals surface area contributed by atoms with Crippen molar-refractivity contribution in [1.82, 2.24) is 9.21 Å². The SMILES string of the molecule is COc1cc2c(cc1OC)S(=O)(=O)N(CC(=O)N1CCCC3CCCCC31)C2=O. The lowest BCUT2D eigenvalue weighted by Crippen LogP contribution is -2.53. The summed E-state index contributed by atoms with van der Waals surface area (Å²) in [6, 6.07) is 2.80. The number of methoxy groups -OCH3 is 2. The number of ether oxygens (including phenoxy) is 2. The zero-order chi connectivity index (χ0) is 20.8. The molecule has 0 aromatic heterocycles. The normalized spacial score (nSPS) is 25.4. The second-order valence-electron chi connectivity index (χ2n) is 7.86. The molecule has 4 rings (SSSR count). The standard InChI is InChI=1S/C20H26N2O6S/c1-27-16-10-14-18(11-17(16)28-2)29(25,26)22(20(14)24)12-19(23)21-9-5-7-13-6-3-4-8-15(13)21/h10-11,13,15H,3-9,12H2,1-2H3. The van der Waals surface area contributed by atoms with Crippen LogP contribution in [0.5, 0.6) is 11.5 Å². The minimum Gasteiger partial charge on any atom is -0.493 e. The van der Waals surface area contributed by atoms with Crippen molar-refractivity contribution in [3.05, 3.63) is 17.7 Å². The van der Waals surface area contributed by atoms with Crippen molar-refractivity contribution in [2.45, 2.75) is 49.5 Å². The van der Waals surface area contributed by atoms with Gasteiger partial charge in [0.2, 0.25) is 5.91 Å². The molecule has 9 heteroatoms. The number of sulfonamides is 1. The molecule has 3 aliphatic rings. The molecular formula is C20H26N2O6S. The van der Waals surface area contributed by atoms with Crippen molar-refractivity contribution >= 4 is 21.8 Å². The molecule has 0 radical (unpaired) electrons. The number of amides is 2. The Balaban J connectivity index is 1.60. The first-order valence-corrected chi connectivity index (χ1v) is 11.4. The Hall–Kier alpha value is -2.29. The molecule has 2 amide bonds. The molecule has 1 saturated carbocycles. The molecule has 8 nitrogen and oxygen atoms in total. The predicted molar refractivity (Wildman–Crippen MR) is 104 cm³/mol. The van der Waals surface area contributed by atoms with Gasteiger partial charge in [-0.2, -0.15) is 0 Å². The summed E-state index contributed by atoms with van der Waals surface area (Å²) in [5, 5.41) is 0. The minimum absolute atomic E-state index is 0.00429. The molecule has 1 saturated heterocycles. The third-order valence-electron chi connectivity index (χ3n) is 6.35. The minimum atomic E-state index is -4.12. The van der Waals surface area contributed by atoms with E-state index in [9.17, 15) is 18.0 Å². The summed E-state index contributed by atoms with van der Waals surface area (Å²) in [7, 11) is -1.31. The summed E-state index contributed by atoms with van der Waals surface area (Å²) in [4.78, 5) is 27.6. The predicted octanol–water partition coefficient (Wildman–Crippen LogP) is 2.03. The lowest BCUT2D eigenvalue weighted by molar-refractivity contribution is -0.137. The molecule has 1 aromatic carbocycles. The van der Waals surface area contributed by atoms with Crippen molar-refractivity contribution in [3.63, 3.8) is 0 Å². The number of rotatable bonds is 4. The summed E-state index contributed by atoms with van der Waals surface area (Å²) in [5.74, 6) is -0.0317. The van der Waals surface area contributed by atoms with Gasteiger partial charge in [0.25, 0.3) is 15.9 Å². The summed E-state index contributed by atoms with van der Waals surface area (Å²) >= 11 is 0. The zero-order valence-electron chi connectivity index (χ0n) is 16.7. The number of likely N-dealkylation sites (tertiary alicyclic amines) is 1. The number of nitrogens with zero attached hydrogens (tertiary/aromatic N) is 2. The fourth-order valence-electron chi connectivity index (χ4n) is 4.91. The van der Waals surface area contributed by atoms with E-state index in [2.05, 4.69) is 0 Å². The van der Waals surface area contributed by atoms with Gasteiger partial charge >= 0.3 is 0 Å². The fraction of sp³-hybridized carbons (Fsp3) is 0.600. The van der Waals surface area contributed by atoms with E-state index >= 15 is 0 Å². The largest absolute Gasteiger partial charge is 0.493 e. The highest BCUT2D eigenvalue weighted by atomic mass is 32.2. The Morgan fingerprint density at radius 3 is 2.45 bits per heavy atom. The molecular weight excluding hydrogens is 396 g/mol. The van der Waals surface area contributed by atoms with E-state index in [0.717, 1.165) is 32.1 Å². The van der Waals surface area contributed by atoms with Crippen LogP contribution in [-0.2, 0) is 14.8 Å². The first-order chi connectivity index (χ1) is 13.9. The van der Waals surface area contributed by atoms with Crippen LogP contribution in [0.3, 0.4) is 0 Å². The van der Waals surface area contributed by atoms with Crippen LogP contribution in [0.2, 0.25) is 0 Å². The quantitative estimate of drug-likeness (QED) is 0.737.